The molecule has 1 saturated heterocycles. The monoisotopic (exact) mass is 618 g/mol. The Balaban J connectivity index is 0.00000162. The van der Waals surface area contributed by atoms with Crippen molar-refractivity contribution in [3.8, 4) is 0 Å². The SMILES string of the molecule is C[Si](C)(C)CC1=C[C]2([Zr+2][CH]3C(=C(C[Si](C)(C)C)c4ccccc43)[Si]2(C)C)c2ccccc21.[Cl-].[Cl-]. The summed E-state index contributed by atoms with van der Waals surface area (Å²) in [5.41, 5.74) is 10.2. The molecular formula is C28H38Cl2Si3Zr. The summed E-state index contributed by atoms with van der Waals surface area (Å²) in [5, 5.41) is 1.98. The predicted octanol–water partition coefficient (Wildman–Crippen LogP) is 2.35. The topological polar surface area (TPSA) is 0 Å². The first-order valence-corrected chi connectivity index (χ1v) is 25.3. The Labute approximate surface area is 234 Å². The summed E-state index contributed by atoms with van der Waals surface area (Å²) >= 11 is -0.768. The number of rotatable bonds is 4. The maximum Gasteiger partial charge on any atom is -1.00 e. The van der Waals surface area contributed by atoms with Gasteiger partial charge in [0.05, 0.1) is 0 Å². The Kier molecular flexibility index (Phi) is 7.91. The molecule has 1 spiro atoms. The van der Waals surface area contributed by atoms with Gasteiger partial charge in [-0.3, -0.25) is 0 Å². The van der Waals surface area contributed by atoms with E-state index in [4.69, 9.17) is 0 Å². The van der Waals surface area contributed by atoms with E-state index < -0.39 is 47.5 Å². The molecule has 0 aromatic heterocycles. The first-order chi connectivity index (χ1) is 14.8. The summed E-state index contributed by atoms with van der Waals surface area (Å²) in [4.78, 5) is 0. The van der Waals surface area contributed by atoms with E-state index in [1.54, 1.807) is 27.8 Å². The Morgan fingerprint density at radius 1 is 0.794 bits per heavy atom. The van der Waals surface area contributed by atoms with Gasteiger partial charge >= 0.3 is 211 Å². The molecule has 0 amide bonds. The van der Waals surface area contributed by atoms with Crippen molar-refractivity contribution in [1.82, 2.24) is 0 Å². The van der Waals surface area contributed by atoms with Gasteiger partial charge in [0.2, 0.25) is 0 Å². The van der Waals surface area contributed by atoms with Gasteiger partial charge in [-0.25, -0.2) is 0 Å². The molecule has 3 aliphatic rings. The number of benzene rings is 2. The van der Waals surface area contributed by atoms with Crippen molar-refractivity contribution >= 4 is 35.4 Å². The number of hydrogen-bond acceptors (Lipinski definition) is 0. The van der Waals surface area contributed by atoms with Crippen LogP contribution in [0.5, 0.6) is 0 Å². The standard InChI is InChI=1S/C28H38Si3.2ClH.Zr/c1-29(2,3)19-22-18-27(25-16-12-11-15-24(22)25)31(7,8)28-17-21-13-9-10-14-23(21)26(28)20-30(4,5)6;;;/h9-18H,19-20H2,1-8H3;2*1H;/q;;;+2/p-2. The van der Waals surface area contributed by atoms with Gasteiger partial charge in [-0.2, -0.15) is 0 Å². The van der Waals surface area contributed by atoms with Gasteiger partial charge in [0, 0.05) is 0 Å². The first kappa shape index (κ1) is 28.6. The quantitative estimate of drug-likeness (QED) is 0.461. The third kappa shape index (κ3) is 4.47. The van der Waals surface area contributed by atoms with Crippen molar-refractivity contribution in [2.24, 2.45) is 0 Å². The van der Waals surface area contributed by atoms with E-state index in [9.17, 15) is 0 Å². The number of allylic oxidation sites excluding steroid dienone is 4. The molecule has 0 N–H and O–H groups in total. The average molecular weight is 621 g/mol. The smallest absolute Gasteiger partial charge is 1.00 e. The van der Waals surface area contributed by atoms with E-state index in [-0.39, 0.29) is 24.8 Å². The van der Waals surface area contributed by atoms with Gasteiger partial charge in [0.1, 0.15) is 0 Å². The van der Waals surface area contributed by atoms with Crippen LogP contribution in [0.15, 0.2) is 59.8 Å². The fourth-order valence-corrected chi connectivity index (χ4v) is 25.8. The van der Waals surface area contributed by atoms with E-state index in [2.05, 4.69) is 107 Å². The van der Waals surface area contributed by atoms with Gasteiger partial charge < -0.3 is 24.8 Å². The van der Waals surface area contributed by atoms with Crippen molar-refractivity contribution in [3.05, 3.63) is 82.1 Å². The molecule has 1 heterocycles. The van der Waals surface area contributed by atoms with Crippen molar-refractivity contribution < 1.29 is 48.0 Å². The maximum absolute atomic E-state index is 2.90. The Morgan fingerprint density at radius 2 is 1.35 bits per heavy atom. The molecule has 2 atom stereocenters. The van der Waals surface area contributed by atoms with E-state index in [0.717, 1.165) is 3.63 Å². The Bertz CT molecular complexity index is 1170. The molecule has 2 unspecified atom stereocenters. The molecule has 0 bridgehead atoms. The van der Waals surface area contributed by atoms with Gasteiger partial charge in [0.25, 0.3) is 0 Å². The van der Waals surface area contributed by atoms with Crippen molar-refractivity contribution in [2.75, 3.05) is 0 Å². The van der Waals surface area contributed by atoms with Crippen LogP contribution in [0.3, 0.4) is 0 Å². The Hall–Kier alpha value is 0.0338. The predicted molar refractivity (Wildman–Crippen MR) is 146 cm³/mol. The van der Waals surface area contributed by atoms with E-state index in [1.807, 2.05) is 10.8 Å². The summed E-state index contributed by atoms with van der Waals surface area (Å²) in [5.74, 6) is 0. The maximum atomic E-state index is 2.90. The molecule has 180 valence electrons. The van der Waals surface area contributed by atoms with Gasteiger partial charge in [-0.15, -0.1) is 0 Å². The molecule has 6 heteroatoms. The van der Waals surface area contributed by atoms with Crippen molar-refractivity contribution in [2.45, 2.75) is 70.8 Å². The second kappa shape index (κ2) is 9.41. The van der Waals surface area contributed by atoms with Gasteiger partial charge in [-0.05, 0) is 0 Å². The third-order valence-corrected chi connectivity index (χ3v) is 25.4. The molecule has 34 heavy (non-hydrogen) atoms. The minimum Gasteiger partial charge on any atom is -1.00 e. The first-order valence-electron chi connectivity index (χ1n) is 12.3. The Morgan fingerprint density at radius 3 is 1.97 bits per heavy atom. The fraction of sp³-hybridized carbons (Fsp3) is 0.429. The molecule has 1 aliphatic heterocycles. The minimum absolute atomic E-state index is 0. The van der Waals surface area contributed by atoms with Crippen LogP contribution in [0.1, 0.15) is 25.9 Å². The zero-order valence-electron chi connectivity index (χ0n) is 21.9. The summed E-state index contributed by atoms with van der Waals surface area (Å²) in [6.07, 6.45) is 2.90. The van der Waals surface area contributed by atoms with Crippen molar-refractivity contribution in [3.63, 3.8) is 0 Å². The van der Waals surface area contributed by atoms with Gasteiger partial charge in [0.15, 0.2) is 0 Å². The summed E-state index contributed by atoms with van der Waals surface area (Å²) in [7, 11) is -4.08. The minimum atomic E-state index is -1.70. The van der Waals surface area contributed by atoms with Crippen LogP contribution in [0, 0.1) is 0 Å². The van der Waals surface area contributed by atoms with Crippen molar-refractivity contribution in [1.29, 1.82) is 0 Å². The normalized spacial score (nSPS) is 23.8. The van der Waals surface area contributed by atoms with E-state index >= 15 is 0 Å². The second-order valence-corrected chi connectivity index (χ2v) is 34.0. The van der Waals surface area contributed by atoms with Crippen LogP contribution in [-0.4, -0.2) is 24.2 Å². The molecule has 1 fully saturated rings. The number of hydrogen-bond donors (Lipinski definition) is 0. The largest absolute Gasteiger partial charge is 1.00 e. The third-order valence-electron chi connectivity index (χ3n) is 7.76. The second-order valence-electron chi connectivity index (χ2n) is 13.2. The van der Waals surface area contributed by atoms with E-state index in [0.29, 0.717) is 2.75 Å². The molecule has 0 radical (unpaired) electrons. The molecule has 2 aromatic rings. The number of fused-ring (bicyclic) bond motifs is 5. The van der Waals surface area contributed by atoms with Crippen LogP contribution in [-0.2, 0) is 26.0 Å². The van der Waals surface area contributed by atoms with Crippen LogP contribution < -0.4 is 24.8 Å². The van der Waals surface area contributed by atoms with E-state index in [1.165, 1.54) is 12.1 Å². The number of halogens is 2. The summed E-state index contributed by atoms with van der Waals surface area (Å²) in [6, 6.07) is 21.8. The molecule has 2 aromatic carbocycles. The van der Waals surface area contributed by atoms with Crippen LogP contribution in [0.4, 0.5) is 0 Å². The molecule has 0 nitrogen and oxygen atoms in total. The summed E-state index contributed by atoms with van der Waals surface area (Å²) < 4.78 is 1.23. The zero-order chi connectivity index (χ0) is 23.1. The fourth-order valence-electron chi connectivity index (χ4n) is 6.61. The molecule has 0 saturated carbocycles. The average Bonchev–Trinajstić information content (AvgIpc) is 3.23. The van der Waals surface area contributed by atoms with Gasteiger partial charge in [-0.1, -0.05) is 0 Å². The summed E-state index contributed by atoms with van der Waals surface area (Å²) in [6.45, 7) is 20.8. The van der Waals surface area contributed by atoms with Crippen LogP contribution in [0.2, 0.25) is 64.5 Å². The molecule has 2 aliphatic carbocycles. The van der Waals surface area contributed by atoms with Crippen LogP contribution in [0.25, 0.3) is 11.1 Å². The molecular weight excluding hydrogens is 583 g/mol. The molecule has 5 rings (SSSR count). The zero-order valence-corrected chi connectivity index (χ0v) is 28.9. The van der Waals surface area contributed by atoms with Crippen LogP contribution >= 0.6 is 0 Å².